The van der Waals surface area contributed by atoms with E-state index in [1.54, 1.807) is 6.20 Å². The zero-order valence-electron chi connectivity index (χ0n) is 15.9. The first kappa shape index (κ1) is 17.5. The summed E-state index contributed by atoms with van der Waals surface area (Å²) in [4.78, 5) is 26.9. The van der Waals surface area contributed by atoms with Gasteiger partial charge in [0.25, 0.3) is 5.91 Å². The molecule has 8 heteroatoms. The van der Waals surface area contributed by atoms with Crippen molar-refractivity contribution in [2.75, 3.05) is 18.4 Å². The van der Waals surface area contributed by atoms with Crippen LogP contribution < -0.4 is 5.32 Å². The fraction of sp³-hybridized carbons (Fsp3) is 0.600. The molecule has 2 amide bonds. The predicted molar refractivity (Wildman–Crippen MR) is 101 cm³/mol. The number of likely N-dealkylation sites (tertiary alicyclic amines) is 1. The number of nitrogens with one attached hydrogen (secondary N) is 1. The van der Waals surface area contributed by atoms with Crippen molar-refractivity contribution in [3.63, 3.8) is 0 Å². The molecule has 0 unspecified atom stereocenters. The van der Waals surface area contributed by atoms with E-state index in [1.165, 1.54) is 0 Å². The number of rotatable bonds is 4. The molecule has 8 nitrogen and oxygen atoms in total. The maximum Gasteiger partial charge on any atom is 0.292 e. The quantitative estimate of drug-likeness (QED) is 0.876. The molecule has 3 aliphatic rings. The predicted octanol–water partition coefficient (Wildman–Crippen LogP) is 2.58. The van der Waals surface area contributed by atoms with Crippen LogP contribution in [-0.2, 0) is 17.6 Å². The van der Waals surface area contributed by atoms with E-state index in [-0.39, 0.29) is 23.8 Å². The highest BCUT2D eigenvalue weighted by Gasteiger charge is 2.33. The van der Waals surface area contributed by atoms with Gasteiger partial charge in [-0.05, 0) is 51.4 Å². The van der Waals surface area contributed by atoms with Gasteiger partial charge in [-0.15, -0.1) is 0 Å². The van der Waals surface area contributed by atoms with Crippen LogP contribution in [0.5, 0.6) is 0 Å². The van der Waals surface area contributed by atoms with Crippen LogP contribution in [0.1, 0.15) is 66.4 Å². The number of fused-ring (bicyclic) bond motifs is 1. The van der Waals surface area contributed by atoms with Crippen LogP contribution >= 0.6 is 0 Å². The standard InChI is InChI=1S/C20H25N5O3/c26-19(13-5-6-13)22-17-7-10-21-25(17)14-8-11-24(12-9-14)20(27)18-15-3-1-2-4-16(15)23-28-18/h7,10,13-14H,1-6,8-9,11-12H2,(H,22,26). The number of carbonyl (C=O) groups is 2. The summed E-state index contributed by atoms with van der Waals surface area (Å²) in [6.45, 7) is 1.30. The summed E-state index contributed by atoms with van der Waals surface area (Å²) in [5.41, 5.74) is 1.97. The highest BCUT2D eigenvalue weighted by molar-refractivity contribution is 5.93. The molecule has 0 aromatic carbocycles. The number of nitrogens with zero attached hydrogens (tertiary/aromatic N) is 4. The molecular weight excluding hydrogens is 358 g/mol. The molecule has 2 fully saturated rings. The number of piperidine rings is 1. The molecule has 0 radical (unpaired) electrons. The number of anilines is 1. The number of carbonyl (C=O) groups excluding carboxylic acids is 2. The molecular formula is C20H25N5O3. The van der Waals surface area contributed by atoms with Crippen molar-refractivity contribution in [2.45, 2.75) is 57.4 Å². The van der Waals surface area contributed by atoms with Crippen LogP contribution in [0.3, 0.4) is 0 Å². The lowest BCUT2D eigenvalue weighted by molar-refractivity contribution is -0.117. The average Bonchev–Trinajstić information content (AvgIpc) is 3.34. The van der Waals surface area contributed by atoms with Crippen molar-refractivity contribution >= 4 is 17.6 Å². The van der Waals surface area contributed by atoms with E-state index >= 15 is 0 Å². The summed E-state index contributed by atoms with van der Waals surface area (Å²) in [5, 5.41) is 11.5. The van der Waals surface area contributed by atoms with Crippen LogP contribution in [0.2, 0.25) is 0 Å². The highest BCUT2D eigenvalue weighted by Crippen LogP contribution is 2.32. The average molecular weight is 383 g/mol. The van der Waals surface area contributed by atoms with Gasteiger partial charge in [0.1, 0.15) is 5.82 Å². The van der Waals surface area contributed by atoms with Crippen LogP contribution in [0, 0.1) is 5.92 Å². The summed E-state index contributed by atoms with van der Waals surface area (Å²) < 4.78 is 7.32. The molecule has 1 N–H and O–H groups in total. The zero-order chi connectivity index (χ0) is 19.1. The van der Waals surface area contributed by atoms with E-state index in [2.05, 4.69) is 15.6 Å². The maximum atomic E-state index is 12.9. The van der Waals surface area contributed by atoms with E-state index in [4.69, 9.17) is 4.52 Å². The summed E-state index contributed by atoms with van der Waals surface area (Å²) >= 11 is 0. The largest absolute Gasteiger partial charge is 0.350 e. The van der Waals surface area contributed by atoms with Gasteiger partial charge in [0.05, 0.1) is 17.9 Å². The third kappa shape index (κ3) is 3.21. The fourth-order valence-corrected chi connectivity index (χ4v) is 4.29. The molecule has 2 aromatic rings. The first-order valence-corrected chi connectivity index (χ1v) is 10.3. The Hall–Kier alpha value is -2.64. The van der Waals surface area contributed by atoms with Gasteiger partial charge >= 0.3 is 0 Å². The van der Waals surface area contributed by atoms with Crippen molar-refractivity contribution < 1.29 is 14.1 Å². The SMILES string of the molecule is O=C(Nc1ccnn1C1CCN(C(=O)c2onc3c2CCCC3)CC1)C1CC1. The molecule has 1 aliphatic heterocycles. The first-order chi connectivity index (χ1) is 13.7. The molecule has 3 heterocycles. The van der Waals surface area contributed by atoms with Crippen molar-refractivity contribution in [3.8, 4) is 0 Å². The number of hydrogen-bond acceptors (Lipinski definition) is 5. The summed E-state index contributed by atoms with van der Waals surface area (Å²) in [5.74, 6) is 1.40. The molecule has 0 atom stereocenters. The molecule has 2 aromatic heterocycles. The summed E-state index contributed by atoms with van der Waals surface area (Å²) in [7, 11) is 0. The fourth-order valence-electron chi connectivity index (χ4n) is 4.29. The van der Waals surface area contributed by atoms with E-state index in [9.17, 15) is 9.59 Å². The number of hydrogen-bond donors (Lipinski definition) is 1. The summed E-state index contributed by atoms with van der Waals surface area (Å²) in [6.07, 6.45) is 9.27. The third-order valence-electron chi connectivity index (χ3n) is 6.12. The van der Waals surface area contributed by atoms with Gasteiger partial charge in [-0.25, -0.2) is 4.68 Å². The molecule has 148 valence electrons. The topological polar surface area (TPSA) is 93.3 Å². The number of aromatic nitrogens is 3. The van der Waals surface area contributed by atoms with Gasteiger partial charge in [0.2, 0.25) is 11.7 Å². The van der Waals surface area contributed by atoms with Crippen molar-refractivity contribution in [2.24, 2.45) is 5.92 Å². The van der Waals surface area contributed by atoms with Crippen LogP contribution in [-0.4, -0.2) is 44.7 Å². The van der Waals surface area contributed by atoms with Crippen molar-refractivity contribution in [1.82, 2.24) is 19.8 Å². The number of aryl methyl sites for hydroxylation is 1. The molecule has 5 rings (SSSR count). The zero-order valence-corrected chi connectivity index (χ0v) is 15.9. The number of amides is 2. The Balaban J connectivity index is 1.23. The Kier molecular flexibility index (Phi) is 4.41. The second-order valence-corrected chi connectivity index (χ2v) is 8.09. The Bertz CT molecular complexity index is 890. The molecule has 0 spiro atoms. The first-order valence-electron chi connectivity index (χ1n) is 10.3. The minimum absolute atomic E-state index is 0.0446. The van der Waals surface area contributed by atoms with Gasteiger partial charge in [-0.2, -0.15) is 5.10 Å². The van der Waals surface area contributed by atoms with Crippen LogP contribution in [0.4, 0.5) is 5.82 Å². The van der Waals surface area contributed by atoms with Crippen LogP contribution in [0.15, 0.2) is 16.8 Å². The van der Waals surface area contributed by atoms with Gasteiger partial charge in [0, 0.05) is 30.6 Å². The van der Waals surface area contributed by atoms with Crippen LogP contribution in [0.25, 0.3) is 0 Å². The Morgan fingerprint density at radius 3 is 2.68 bits per heavy atom. The minimum atomic E-state index is -0.0446. The monoisotopic (exact) mass is 383 g/mol. The Labute approximate surface area is 163 Å². The molecule has 1 saturated heterocycles. The third-order valence-corrected chi connectivity index (χ3v) is 6.12. The highest BCUT2D eigenvalue weighted by atomic mass is 16.5. The molecule has 0 bridgehead atoms. The Morgan fingerprint density at radius 1 is 1.11 bits per heavy atom. The van der Waals surface area contributed by atoms with E-state index in [1.807, 2.05) is 15.6 Å². The lowest BCUT2D eigenvalue weighted by atomic mass is 9.95. The smallest absolute Gasteiger partial charge is 0.292 e. The molecule has 1 saturated carbocycles. The summed E-state index contributed by atoms with van der Waals surface area (Å²) in [6, 6.07) is 2.02. The van der Waals surface area contributed by atoms with Gasteiger partial charge in [0.15, 0.2) is 0 Å². The van der Waals surface area contributed by atoms with Crippen molar-refractivity contribution in [1.29, 1.82) is 0 Å². The van der Waals surface area contributed by atoms with E-state index in [0.717, 1.165) is 68.4 Å². The molecule has 2 aliphatic carbocycles. The van der Waals surface area contributed by atoms with E-state index < -0.39 is 0 Å². The van der Waals surface area contributed by atoms with E-state index in [0.29, 0.717) is 18.8 Å². The minimum Gasteiger partial charge on any atom is -0.350 e. The van der Waals surface area contributed by atoms with Gasteiger partial charge in [-0.1, -0.05) is 5.16 Å². The second kappa shape index (κ2) is 7.07. The normalized spacial score (nSPS) is 20.1. The van der Waals surface area contributed by atoms with Gasteiger partial charge < -0.3 is 14.7 Å². The lowest BCUT2D eigenvalue weighted by Crippen LogP contribution is -2.39. The molecule has 28 heavy (non-hydrogen) atoms. The maximum absolute atomic E-state index is 12.9. The lowest BCUT2D eigenvalue weighted by Gasteiger charge is -2.32. The second-order valence-electron chi connectivity index (χ2n) is 8.09. The Morgan fingerprint density at radius 2 is 1.89 bits per heavy atom. The van der Waals surface area contributed by atoms with Gasteiger partial charge in [-0.3, -0.25) is 9.59 Å². The van der Waals surface area contributed by atoms with Crippen molar-refractivity contribution in [3.05, 3.63) is 29.3 Å².